The minimum atomic E-state index is -0.766. The number of hydrogen-bond acceptors (Lipinski definition) is 6. The summed E-state index contributed by atoms with van der Waals surface area (Å²) in [4.78, 5) is 32.8. The predicted octanol–water partition coefficient (Wildman–Crippen LogP) is 3.81. The summed E-state index contributed by atoms with van der Waals surface area (Å²) < 4.78 is 3.85. The van der Waals surface area contributed by atoms with E-state index >= 15 is 0 Å². The normalized spacial score (nSPS) is 15.1. The number of carbonyl (C=O) groups excluding carboxylic acids is 2. The summed E-state index contributed by atoms with van der Waals surface area (Å²) in [5, 5.41) is 8.81. The smallest absolute Gasteiger partial charge is 0.276 e. The van der Waals surface area contributed by atoms with E-state index in [1.807, 2.05) is 30.3 Å². The van der Waals surface area contributed by atoms with Crippen LogP contribution < -0.4 is 5.32 Å². The van der Waals surface area contributed by atoms with Gasteiger partial charge in [0, 0.05) is 30.4 Å². The molecule has 0 spiro atoms. The highest BCUT2D eigenvalue weighted by molar-refractivity contribution is 7.03. The van der Waals surface area contributed by atoms with Crippen LogP contribution in [0.2, 0.25) is 0 Å². The first-order valence-corrected chi connectivity index (χ1v) is 11.9. The number of rotatable bonds is 8. The molecule has 4 rings (SSSR count). The second kappa shape index (κ2) is 10.9. The summed E-state index contributed by atoms with van der Waals surface area (Å²) in [6.07, 6.45) is 9.33. The van der Waals surface area contributed by atoms with Gasteiger partial charge < -0.3 is 10.2 Å². The second-order valence-electron chi connectivity index (χ2n) is 8.05. The maximum absolute atomic E-state index is 13.6. The van der Waals surface area contributed by atoms with Crippen LogP contribution >= 0.6 is 11.5 Å². The molecule has 32 heavy (non-hydrogen) atoms. The predicted molar refractivity (Wildman–Crippen MR) is 123 cm³/mol. The van der Waals surface area contributed by atoms with E-state index in [-0.39, 0.29) is 23.6 Å². The number of benzene rings is 1. The van der Waals surface area contributed by atoms with E-state index in [0.717, 1.165) is 48.3 Å². The maximum atomic E-state index is 13.6. The van der Waals surface area contributed by atoms with Crippen molar-refractivity contribution in [3.05, 3.63) is 77.1 Å². The van der Waals surface area contributed by atoms with Crippen LogP contribution in [0.25, 0.3) is 0 Å². The molecular weight excluding hydrogens is 422 g/mol. The molecule has 0 unspecified atom stereocenters. The standard InChI is InChI=1S/C24H27N5O2S/c30-23(26-20-9-5-2-6-10-20)22(19-11-14-25-15-12-19)29(24(31)21-17-32-28-27-21)16-13-18-7-3-1-4-8-18/h1,3-4,7-8,11-12,14-15,17,20,22H,2,5-6,9-10,13,16H2,(H,26,30)/t22-/m0/s1. The van der Waals surface area contributed by atoms with Crippen molar-refractivity contribution in [2.45, 2.75) is 50.6 Å². The minimum absolute atomic E-state index is 0.146. The van der Waals surface area contributed by atoms with Crippen molar-refractivity contribution in [2.75, 3.05) is 6.54 Å². The van der Waals surface area contributed by atoms with Crippen molar-refractivity contribution >= 4 is 23.3 Å². The number of pyridine rings is 1. The quantitative estimate of drug-likeness (QED) is 0.565. The zero-order valence-corrected chi connectivity index (χ0v) is 18.7. The van der Waals surface area contributed by atoms with Crippen molar-refractivity contribution in [3.63, 3.8) is 0 Å². The van der Waals surface area contributed by atoms with Crippen LogP contribution in [0.4, 0.5) is 0 Å². The first-order chi connectivity index (χ1) is 15.7. The average molecular weight is 450 g/mol. The number of carbonyl (C=O) groups is 2. The first-order valence-electron chi connectivity index (χ1n) is 11.0. The minimum Gasteiger partial charge on any atom is -0.351 e. The van der Waals surface area contributed by atoms with Crippen molar-refractivity contribution in [2.24, 2.45) is 0 Å². The molecule has 2 aromatic heterocycles. The Morgan fingerprint density at radius 3 is 2.50 bits per heavy atom. The molecule has 1 N–H and O–H groups in total. The topological polar surface area (TPSA) is 88.1 Å². The summed E-state index contributed by atoms with van der Waals surface area (Å²) in [5.41, 5.74) is 2.09. The molecule has 1 aliphatic carbocycles. The first kappa shape index (κ1) is 22.1. The monoisotopic (exact) mass is 449 g/mol. The summed E-state index contributed by atoms with van der Waals surface area (Å²) in [7, 11) is 0. The molecule has 1 aromatic carbocycles. The van der Waals surface area contributed by atoms with Crippen molar-refractivity contribution in [1.82, 2.24) is 24.8 Å². The lowest BCUT2D eigenvalue weighted by Crippen LogP contribution is -2.47. The Morgan fingerprint density at radius 1 is 1.06 bits per heavy atom. The highest BCUT2D eigenvalue weighted by atomic mass is 32.1. The van der Waals surface area contributed by atoms with Gasteiger partial charge in [-0.3, -0.25) is 14.6 Å². The Hall–Kier alpha value is -3.13. The van der Waals surface area contributed by atoms with Gasteiger partial charge in [-0.25, -0.2) is 0 Å². The van der Waals surface area contributed by atoms with Gasteiger partial charge in [-0.2, -0.15) is 0 Å². The average Bonchev–Trinajstić information content (AvgIpc) is 3.38. The molecule has 3 aromatic rings. The Labute approximate surface area is 192 Å². The van der Waals surface area contributed by atoms with E-state index in [9.17, 15) is 9.59 Å². The zero-order valence-electron chi connectivity index (χ0n) is 17.9. The highest BCUT2D eigenvalue weighted by Gasteiger charge is 2.34. The van der Waals surface area contributed by atoms with Gasteiger partial charge in [0.05, 0.1) is 0 Å². The van der Waals surface area contributed by atoms with Crippen LogP contribution in [-0.2, 0) is 11.2 Å². The van der Waals surface area contributed by atoms with Crippen LogP contribution in [0.5, 0.6) is 0 Å². The lowest BCUT2D eigenvalue weighted by molar-refractivity contribution is -0.126. The third kappa shape index (κ3) is 5.56. The van der Waals surface area contributed by atoms with Gasteiger partial charge in [0.15, 0.2) is 5.69 Å². The van der Waals surface area contributed by atoms with E-state index in [1.165, 1.54) is 6.42 Å². The molecule has 1 aliphatic rings. The summed E-state index contributed by atoms with van der Waals surface area (Å²) in [6.45, 7) is 0.380. The number of hydrogen-bond donors (Lipinski definition) is 1. The van der Waals surface area contributed by atoms with Gasteiger partial charge >= 0.3 is 0 Å². The van der Waals surface area contributed by atoms with Gasteiger partial charge in [0.1, 0.15) is 6.04 Å². The molecule has 8 heteroatoms. The molecule has 1 fully saturated rings. The Kier molecular flexibility index (Phi) is 7.55. The van der Waals surface area contributed by atoms with Crippen molar-refractivity contribution in [1.29, 1.82) is 0 Å². The fourth-order valence-corrected chi connectivity index (χ4v) is 4.62. The van der Waals surface area contributed by atoms with Crippen LogP contribution in [0.1, 0.15) is 59.8 Å². The third-order valence-corrected chi connectivity index (χ3v) is 6.36. The molecule has 0 aliphatic heterocycles. The van der Waals surface area contributed by atoms with Crippen LogP contribution in [0, 0.1) is 0 Å². The molecule has 166 valence electrons. The lowest BCUT2D eigenvalue weighted by atomic mass is 9.94. The summed E-state index contributed by atoms with van der Waals surface area (Å²) >= 11 is 1.13. The van der Waals surface area contributed by atoms with E-state index < -0.39 is 6.04 Å². The molecule has 1 atom stereocenters. The third-order valence-electron chi connectivity index (χ3n) is 5.86. The molecule has 1 saturated carbocycles. The molecule has 0 saturated heterocycles. The fourth-order valence-electron chi connectivity index (χ4n) is 4.19. The second-order valence-corrected chi connectivity index (χ2v) is 8.66. The molecule has 0 radical (unpaired) electrons. The molecule has 0 bridgehead atoms. The zero-order chi connectivity index (χ0) is 22.2. The Balaban J connectivity index is 1.64. The van der Waals surface area contributed by atoms with Crippen molar-refractivity contribution < 1.29 is 9.59 Å². The molecule has 2 heterocycles. The molecule has 2 amide bonds. The number of nitrogens with one attached hydrogen (secondary N) is 1. The number of amides is 2. The van der Waals surface area contributed by atoms with Gasteiger partial charge in [0.25, 0.3) is 5.91 Å². The van der Waals surface area contributed by atoms with Gasteiger partial charge in [0.2, 0.25) is 5.91 Å². The van der Waals surface area contributed by atoms with Crippen LogP contribution in [0.3, 0.4) is 0 Å². The van der Waals surface area contributed by atoms with Gasteiger partial charge in [-0.05, 0) is 54.1 Å². The summed E-state index contributed by atoms with van der Waals surface area (Å²) in [5.74, 6) is -0.456. The maximum Gasteiger partial charge on any atom is 0.276 e. The molecule has 7 nitrogen and oxygen atoms in total. The van der Waals surface area contributed by atoms with E-state index in [0.29, 0.717) is 13.0 Å². The van der Waals surface area contributed by atoms with Gasteiger partial charge in [-0.15, -0.1) is 5.10 Å². The Morgan fingerprint density at radius 2 is 1.81 bits per heavy atom. The number of aromatic nitrogens is 3. The van der Waals surface area contributed by atoms with Gasteiger partial charge in [-0.1, -0.05) is 54.1 Å². The Bertz CT molecular complexity index is 992. The SMILES string of the molecule is O=C(NC1CCCCC1)[C@H](c1ccncc1)N(CCc1ccccc1)C(=O)c1csnn1. The van der Waals surface area contributed by atoms with Crippen LogP contribution in [-0.4, -0.2) is 43.9 Å². The largest absolute Gasteiger partial charge is 0.351 e. The van der Waals surface area contributed by atoms with E-state index in [4.69, 9.17) is 0 Å². The number of nitrogens with zero attached hydrogens (tertiary/aromatic N) is 4. The molecular formula is C24H27N5O2S. The fraction of sp³-hybridized carbons (Fsp3) is 0.375. The van der Waals surface area contributed by atoms with Crippen molar-refractivity contribution in [3.8, 4) is 0 Å². The van der Waals surface area contributed by atoms with E-state index in [2.05, 4.69) is 19.9 Å². The summed E-state index contributed by atoms with van der Waals surface area (Å²) in [6, 6.07) is 12.9. The highest BCUT2D eigenvalue weighted by Crippen LogP contribution is 2.25. The van der Waals surface area contributed by atoms with Crippen LogP contribution in [0.15, 0.2) is 60.2 Å². The lowest BCUT2D eigenvalue weighted by Gasteiger charge is -2.33. The van der Waals surface area contributed by atoms with E-state index in [1.54, 1.807) is 34.8 Å².